The molecular weight excluding hydrogens is 210 g/mol. The monoisotopic (exact) mass is 231 g/mol. The van der Waals surface area contributed by atoms with E-state index in [4.69, 9.17) is 0 Å². The molecule has 0 saturated heterocycles. The average molecular weight is 231 g/mol. The highest BCUT2D eigenvalue weighted by Crippen LogP contribution is 2.05. The van der Waals surface area contributed by atoms with E-state index >= 15 is 0 Å². The molecule has 1 aromatic rings. The summed E-state index contributed by atoms with van der Waals surface area (Å²) < 4.78 is 0. The van der Waals surface area contributed by atoms with E-state index in [0.717, 1.165) is 30.6 Å². The van der Waals surface area contributed by atoms with Crippen molar-refractivity contribution in [3.05, 3.63) is 47.2 Å². The first kappa shape index (κ1) is 13.5. The molecule has 1 aromatic carbocycles. The first-order chi connectivity index (χ1) is 8.13. The SMILES string of the molecule is CCCCN/C(C)=C\C(=O)c1ccc(C)cc1. The molecule has 0 aliphatic carbocycles. The lowest BCUT2D eigenvalue weighted by molar-refractivity contribution is 0.104. The molecule has 2 heteroatoms. The van der Waals surface area contributed by atoms with Gasteiger partial charge in [-0.05, 0) is 20.3 Å². The van der Waals surface area contributed by atoms with Gasteiger partial charge in [0.15, 0.2) is 5.78 Å². The summed E-state index contributed by atoms with van der Waals surface area (Å²) in [5.41, 5.74) is 2.85. The molecule has 0 atom stereocenters. The summed E-state index contributed by atoms with van der Waals surface area (Å²) in [6.07, 6.45) is 3.95. The van der Waals surface area contributed by atoms with E-state index in [0.29, 0.717) is 0 Å². The summed E-state index contributed by atoms with van der Waals surface area (Å²) in [6, 6.07) is 7.66. The third kappa shape index (κ3) is 4.85. The lowest BCUT2D eigenvalue weighted by atomic mass is 10.1. The first-order valence-corrected chi connectivity index (χ1v) is 6.16. The third-order valence-electron chi connectivity index (χ3n) is 2.62. The van der Waals surface area contributed by atoms with Crippen LogP contribution in [-0.2, 0) is 0 Å². The highest BCUT2D eigenvalue weighted by molar-refractivity contribution is 6.04. The van der Waals surface area contributed by atoms with Crippen LogP contribution in [0.3, 0.4) is 0 Å². The summed E-state index contributed by atoms with van der Waals surface area (Å²) in [6.45, 7) is 7.03. The Labute approximate surface area is 104 Å². The lowest BCUT2D eigenvalue weighted by Crippen LogP contribution is -2.13. The Hall–Kier alpha value is -1.57. The number of ketones is 1. The van der Waals surface area contributed by atoms with Gasteiger partial charge >= 0.3 is 0 Å². The van der Waals surface area contributed by atoms with Crippen molar-refractivity contribution in [3.63, 3.8) is 0 Å². The maximum absolute atomic E-state index is 11.9. The Bertz CT molecular complexity index is 390. The number of rotatable bonds is 6. The van der Waals surface area contributed by atoms with Crippen molar-refractivity contribution in [3.8, 4) is 0 Å². The highest BCUT2D eigenvalue weighted by Gasteiger charge is 2.02. The molecule has 1 rings (SSSR count). The molecule has 0 spiro atoms. The van der Waals surface area contributed by atoms with Gasteiger partial charge in [0.2, 0.25) is 0 Å². The van der Waals surface area contributed by atoms with Crippen LogP contribution >= 0.6 is 0 Å². The number of hydrogen-bond acceptors (Lipinski definition) is 2. The van der Waals surface area contributed by atoms with Gasteiger partial charge in [0.05, 0.1) is 0 Å². The second-order valence-corrected chi connectivity index (χ2v) is 4.34. The van der Waals surface area contributed by atoms with Crippen molar-refractivity contribution in [1.29, 1.82) is 0 Å². The van der Waals surface area contributed by atoms with Crippen LogP contribution in [0.5, 0.6) is 0 Å². The van der Waals surface area contributed by atoms with Crippen molar-refractivity contribution >= 4 is 5.78 Å². The number of hydrogen-bond donors (Lipinski definition) is 1. The van der Waals surface area contributed by atoms with E-state index < -0.39 is 0 Å². The molecule has 0 radical (unpaired) electrons. The molecule has 1 N–H and O–H groups in total. The van der Waals surface area contributed by atoms with Crippen LogP contribution in [0.1, 0.15) is 42.6 Å². The van der Waals surface area contributed by atoms with Gasteiger partial charge in [-0.15, -0.1) is 0 Å². The van der Waals surface area contributed by atoms with Crippen LogP contribution in [-0.4, -0.2) is 12.3 Å². The van der Waals surface area contributed by atoms with E-state index in [2.05, 4.69) is 12.2 Å². The van der Waals surface area contributed by atoms with E-state index in [1.165, 1.54) is 5.56 Å². The Balaban J connectivity index is 2.58. The Morgan fingerprint density at radius 3 is 2.53 bits per heavy atom. The van der Waals surface area contributed by atoms with Gasteiger partial charge in [-0.3, -0.25) is 4.79 Å². The molecule has 0 heterocycles. The first-order valence-electron chi connectivity index (χ1n) is 6.16. The maximum Gasteiger partial charge on any atom is 0.187 e. The van der Waals surface area contributed by atoms with Crippen LogP contribution in [0.15, 0.2) is 36.0 Å². The minimum Gasteiger partial charge on any atom is -0.388 e. The summed E-state index contributed by atoms with van der Waals surface area (Å²) in [7, 11) is 0. The fourth-order valence-electron chi connectivity index (χ4n) is 1.51. The molecule has 92 valence electrons. The largest absolute Gasteiger partial charge is 0.388 e. The fourth-order valence-corrected chi connectivity index (χ4v) is 1.51. The molecule has 0 amide bonds. The third-order valence-corrected chi connectivity index (χ3v) is 2.62. The van der Waals surface area contributed by atoms with Crippen LogP contribution in [0.25, 0.3) is 0 Å². The van der Waals surface area contributed by atoms with Crippen molar-refractivity contribution in [2.45, 2.75) is 33.6 Å². The van der Waals surface area contributed by atoms with Gasteiger partial charge in [-0.1, -0.05) is 43.2 Å². The van der Waals surface area contributed by atoms with Gasteiger partial charge < -0.3 is 5.32 Å². The summed E-state index contributed by atoms with van der Waals surface area (Å²) in [5, 5.41) is 3.24. The minimum absolute atomic E-state index is 0.0616. The number of benzene rings is 1. The predicted octanol–water partition coefficient (Wildman–Crippen LogP) is 3.47. The minimum atomic E-state index is 0.0616. The average Bonchev–Trinajstić information content (AvgIpc) is 2.30. The standard InChI is InChI=1S/C15H21NO/c1-4-5-10-16-13(3)11-15(17)14-8-6-12(2)7-9-14/h6-9,11,16H,4-5,10H2,1-3H3/b13-11-. The molecule has 0 aromatic heterocycles. The summed E-state index contributed by atoms with van der Waals surface area (Å²) >= 11 is 0. The Kier molecular flexibility index (Phi) is 5.47. The topological polar surface area (TPSA) is 29.1 Å². The van der Waals surface area contributed by atoms with Crippen LogP contribution in [0.2, 0.25) is 0 Å². The van der Waals surface area contributed by atoms with Gasteiger partial charge in [0, 0.05) is 23.9 Å². The predicted molar refractivity (Wildman–Crippen MR) is 72.2 cm³/mol. The zero-order chi connectivity index (χ0) is 12.7. The number of allylic oxidation sites excluding steroid dienone is 2. The van der Waals surface area contributed by atoms with E-state index in [1.54, 1.807) is 6.08 Å². The van der Waals surface area contributed by atoms with Gasteiger partial charge in [0.1, 0.15) is 0 Å². The van der Waals surface area contributed by atoms with E-state index in [9.17, 15) is 4.79 Å². The number of carbonyl (C=O) groups is 1. The molecule has 0 saturated carbocycles. The number of carbonyl (C=O) groups excluding carboxylic acids is 1. The molecule has 17 heavy (non-hydrogen) atoms. The van der Waals surface area contributed by atoms with Crippen molar-refractivity contribution in [1.82, 2.24) is 5.32 Å². The normalized spacial score (nSPS) is 11.4. The summed E-state index contributed by atoms with van der Waals surface area (Å²) in [5.74, 6) is 0.0616. The zero-order valence-electron chi connectivity index (χ0n) is 10.9. The van der Waals surface area contributed by atoms with E-state index in [-0.39, 0.29) is 5.78 Å². The second-order valence-electron chi connectivity index (χ2n) is 4.34. The summed E-state index contributed by atoms with van der Waals surface area (Å²) in [4.78, 5) is 11.9. The fraction of sp³-hybridized carbons (Fsp3) is 0.400. The van der Waals surface area contributed by atoms with Crippen molar-refractivity contribution < 1.29 is 4.79 Å². The Morgan fingerprint density at radius 2 is 1.94 bits per heavy atom. The van der Waals surface area contributed by atoms with E-state index in [1.807, 2.05) is 38.1 Å². The van der Waals surface area contributed by atoms with Crippen LogP contribution in [0, 0.1) is 6.92 Å². The molecule has 0 bridgehead atoms. The molecule has 0 unspecified atom stereocenters. The van der Waals surface area contributed by atoms with Crippen LogP contribution < -0.4 is 5.32 Å². The zero-order valence-corrected chi connectivity index (χ0v) is 10.9. The van der Waals surface area contributed by atoms with Crippen LogP contribution in [0.4, 0.5) is 0 Å². The Morgan fingerprint density at radius 1 is 1.29 bits per heavy atom. The molecule has 0 aliphatic rings. The number of nitrogens with one attached hydrogen (secondary N) is 1. The molecule has 2 nitrogen and oxygen atoms in total. The maximum atomic E-state index is 11.9. The number of aryl methyl sites for hydroxylation is 1. The highest BCUT2D eigenvalue weighted by atomic mass is 16.1. The lowest BCUT2D eigenvalue weighted by Gasteiger charge is -2.05. The molecule has 0 aliphatic heterocycles. The van der Waals surface area contributed by atoms with Gasteiger partial charge in [-0.25, -0.2) is 0 Å². The molecule has 0 fully saturated rings. The quantitative estimate of drug-likeness (QED) is 0.461. The molecular formula is C15H21NO. The van der Waals surface area contributed by atoms with Crippen molar-refractivity contribution in [2.75, 3.05) is 6.54 Å². The second kappa shape index (κ2) is 6.89. The smallest absolute Gasteiger partial charge is 0.187 e. The van der Waals surface area contributed by atoms with Gasteiger partial charge in [-0.2, -0.15) is 0 Å². The van der Waals surface area contributed by atoms with Gasteiger partial charge in [0.25, 0.3) is 0 Å². The number of unbranched alkanes of at least 4 members (excludes halogenated alkanes) is 1. The van der Waals surface area contributed by atoms with Crippen molar-refractivity contribution in [2.24, 2.45) is 0 Å².